The van der Waals surface area contributed by atoms with Crippen molar-refractivity contribution < 1.29 is 9.53 Å². The van der Waals surface area contributed by atoms with Crippen LogP contribution in [-0.2, 0) is 9.53 Å². The Balaban J connectivity index is 2.45. The standard InChI is InChI=1S/C16H17NO2S/c1-4-19-16(18)15(14-6-5-7-20-14)17-13-9-11(2)8-12(3)10-13/h5-10H,4H2,1-3H3/b17-15+. The van der Waals surface area contributed by atoms with E-state index in [4.69, 9.17) is 4.74 Å². The minimum Gasteiger partial charge on any atom is -0.461 e. The third-order valence-electron chi connectivity index (χ3n) is 2.67. The molecule has 20 heavy (non-hydrogen) atoms. The van der Waals surface area contributed by atoms with Gasteiger partial charge in [-0.3, -0.25) is 0 Å². The number of hydrogen-bond donors (Lipinski definition) is 0. The Morgan fingerprint density at radius 3 is 2.50 bits per heavy atom. The number of aryl methyl sites for hydroxylation is 2. The first-order chi connectivity index (χ1) is 9.60. The lowest BCUT2D eigenvalue weighted by atomic mass is 10.1. The summed E-state index contributed by atoms with van der Waals surface area (Å²) in [6.07, 6.45) is 0. The largest absolute Gasteiger partial charge is 0.461 e. The SMILES string of the molecule is CCOC(=O)/C(=N/c1cc(C)cc(C)c1)c1cccs1. The Kier molecular flexibility index (Phi) is 4.69. The highest BCUT2D eigenvalue weighted by molar-refractivity contribution is 7.13. The van der Waals surface area contributed by atoms with Gasteiger partial charge >= 0.3 is 5.97 Å². The van der Waals surface area contributed by atoms with E-state index in [9.17, 15) is 4.79 Å². The molecule has 0 unspecified atom stereocenters. The molecule has 0 saturated carbocycles. The first-order valence-electron chi connectivity index (χ1n) is 6.48. The van der Waals surface area contributed by atoms with E-state index in [0.29, 0.717) is 12.3 Å². The lowest BCUT2D eigenvalue weighted by Gasteiger charge is -2.05. The fourth-order valence-electron chi connectivity index (χ4n) is 1.96. The van der Waals surface area contributed by atoms with Crippen molar-refractivity contribution in [3.8, 4) is 0 Å². The van der Waals surface area contributed by atoms with Crippen LogP contribution in [0.2, 0.25) is 0 Å². The smallest absolute Gasteiger partial charge is 0.358 e. The molecule has 104 valence electrons. The molecular formula is C16H17NO2S. The summed E-state index contributed by atoms with van der Waals surface area (Å²) in [4.78, 5) is 17.4. The van der Waals surface area contributed by atoms with Gasteiger partial charge in [-0.25, -0.2) is 9.79 Å². The zero-order valence-corrected chi connectivity index (χ0v) is 12.7. The van der Waals surface area contributed by atoms with Crippen molar-refractivity contribution in [2.24, 2.45) is 4.99 Å². The number of carbonyl (C=O) groups is 1. The molecule has 4 heteroatoms. The van der Waals surface area contributed by atoms with Gasteiger partial charge in [0.2, 0.25) is 0 Å². The normalized spacial score (nSPS) is 11.4. The molecule has 0 spiro atoms. The summed E-state index contributed by atoms with van der Waals surface area (Å²) in [6.45, 7) is 6.17. The van der Waals surface area contributed by atoms with E-state index in [1.54, 1.807) is 6.92 Å². The van der Waals surface area contributed by atoms with Crippen LogP contribution in [0.15, 0.2) is 40.7 Å². The molecule has 1 aromatic heterocycles. The predicted molar refractivity (Wildman–Crippen MR) is 83.1 cm³/mol. The number of rotatable bonds is 4. The monoisotopic (exact) mass is 287 g/mol. The number of thiophene rings is 1. The molecule has 0 saturated heterocycles. The van der Waals surface area contributed by atoms with E-state index in [1.807, 2.05) is 43.5 Å². The molecule has 1 heterocycles. The molecule has 0 bridgehead atoms. The van der Waals surface area contributed by atoms with Crippen LogP contribution in [0.3, 0.4) is 0 Å². The Morgan fingerprint density at radius 1 is 1.25 bits per heavy atom. The summed E-state index contributed by atoms with van der Waals surface area (Å²) in [5.41, 5.74) is 3.39. The van der Waals surface area contributed by atoms with Gasteiger partial charge in [0, 0.05) is 0 Å². The lowest BCUT2D eigenvalue weighted by molar-refractivity contribution is -0.134. The van der Waals surface area contributed by atoms with Gasteiger partial charge < -0.3 is 4.74 Å². The molecule has 0 aliphatic carbocycles. The highest BCUT2D eigenvalue weighted by atomic mass is 32.1. The van der Waals surface area contributed by atoms with Crippen molar-refractivity contribution in [1.29, 1.82) is 0 Å². The first-order valence-corrected chi connectivity index (χ1v) is 7.36. The second-order valence-electron chi connectivity index (χ2n) is 4.50. The van der Waals surface area contributed by atoms with Gasteiger partial charge in [-0.1, -0.05) is 12.1 Å². The Morgan fingerprint density at radius 2 is 1.95 bits per heavy atom. The molecule has 2 rings (SSSR count). The number of nitrogens with zero attached hydrogens (tertiary/aromatic N) is 1. The second-order valence-corrected chi connectivity index (χ2v) is 5.45. The van der Waals surface area contributed by atoms with Crippen LogP contribution >= 0.6 is 11.3 Å². The lowest BCUT2D eigenvalue weighted by Crippen LogP contribution is -2.17. The van der Waals surface area contributed by atoms with Gasteiger partial charge in [0.05, 0.1) is 17.2 Å². The quantitative estimate of drug-likeness (QED) is 0.628. The zero-order chi connectivity index (χ0) is 14.5. The van der Waals surface area contributed by atoms with Crippen LogP contribution in [0.5, 0.6) is 0 Å². The highest BCUT2D eigenvalue weighted by Gasteiger charge is 2.16. The van der Waals surface area contributed by atoms with Crippen molar-refractivity contribution in [3.05, 3.63) is 51.7 Å². The molecule has 1 aromatic carbocycles. The van der Waals surface area contributed by atoms with E-state index < -0.39 is 0 Å². The molecule has 2 aromatic rings. The topological polar surface area (TPSA) is 38.7 Å². The number of hydrogen-bond acceptors (Lipinski definition) is 4. The van der Waals surface area contributed by atoms with E-state index in [-0.39, 0.29) is 5.97 Å². The van der Waals surface area contributed by atoms with Gasteiger partial charge in [0.25, 0.3) is 0 Å². The number of carbonyl (C=O) groups excluding carboxylic acids is 1. The fraction of sp³-hybridized carbons (Fsp3) is 0.250. The third kappa shape index (κ3) is 3.54. The van der Waals surface area contributed by atoms with E-state index >= 15 is 0 Å². The van der Waals surface area contributed by atoms with E-state index in [0.717, 1.165) is 21.7 Å². The van der Waals surface area contributed by atoms with Crippen LogP contribution in [-0.4, -0.2) is 18.3 Å². The van der Waals surface area contributed by atoms with Crippen molar-refractivity contribution in [2.75, 3.05) is 6.61 Å². The molecule has 0 N–H and O–H groups in total. The molecular weight excluding hydrogens is 270 g/mol. The summed E-state index contributed by atoms with van der Waals surface area (Å²) in [6, 6.07) is 9.77. The highest BCUT2D eigenvalue weighted by Crippen LogP contribution is 2.20. The van der Waals surface area contributed by atoms with E-state index in [2.05, 4.69) is 11.1 Å². The van der Waals surface area contributed by atoms with Gasteiger partial charge in [0.15, 0.2) is 5.71 Å². The zero-order valence-electron chi connectivity index (χ0n) is 11.8. The van der Waals surface area contributed by atoms with Crippen LogP contribution < -0.4 is 0 Å². The maximum absolute atomic E-state index is 12.1. The van der Waals surface area contributed by atoms with Gasteiger partial charge in [0.1, 0.15) is 0 Å². The fourth-order valence-corrected chi connectivity index (χ4v) is 2.66. The molecule has 0 fully saturated rings. The average molecular weight is 287 g/mol. The van der Waals surface area contributed by atoms with Crippen molar-refractivity contribution in [1.82, 2.24) is 0 Å². The number of esters is 1. The first kappa shape index (κ1) is 14.5. The molecule has 0 amide bonds. The molecule has 3 nitrogen and oxygen atoms in total. The van der Waals surface area contributed by atoms with Crippen LogP contribution in [0.4, 0.5) is 5.69 Å². The number of ether oxygens (including phenoxy) is 1. The van der Waals surface area contributed by atoms with Crippen molar-refractivity contribution >= 4 is 28.7 Å². The van der Waals surface area contributed by atoms with Gasteiger partial charge in [-0.15, -0.1) is 11.3 Å². The predicted octanol–water partition coefficient (Wildman–Crippen LogP) is 4.05. The minimum absolute atomic E-state index is 0.343. The Bertz CT molecular complexity index is 610. The molecule has 0 radical (unpaired) electrons. The average Bonchev–Trinajstić information content (AvgIpc) is 2.88. The van der Waals surface area contributed by atoms with Gasteiger partial charge in [-0.05, 0) is 55.5 Å². The summed E-state index contributed by atoms with van der Waals surface area (Å²) < 4.78 is 5.10. The van der Waals surface area contributed by atoms with Crippen LogP contribution in [0.25, 0.3) is 0 Å². The number of aliphatic imine (C=N–C) groups is 1. The molecule has 0 atom stereocenters. The summed E-state index contributed by atoms with van der Waals surface area (Å²) in [5, 5.41) is 1.92. The van der Waals surface area contributed by atoms with Crippen molar-refractivity contribution in [2.45, 2.75) is 20.8 Å². The summed E-state index contributed by atoms with van der Waals surface area (Å²) >= 11 is 1.48. The summed E-state index contributed by atoms with van der Waals surface area (Å²) in [7, 11) is 0. The van der Waals surface area contributed by atoms with Crippen LogP contribution in [0.1, 0.15) is 22.9 Å². The Hall–Kier alpha value is -1.94. The molecule has 0 aliphatic rings. The van der Waals surface area contributed by atoms with E-state index in [1.165, 1.54) is 11.3 Å². The minimum atomic E-state index is -0.380. The van der Waals surface area contributed by atoms with Crippen molar-refractivity contribution in [3.63, 3.8) is 0 Å². The third-order valence-corrected chi connectivity index (χ3v) is 3.55. The maximum atomic E-state index is 12.1. The molecule has 0 aliphatic heterocycles. The number of benzene rings is 1. The second kappa shape index (κ2) is 6.48. The van der Waals surface area contributed by atoms with Gasteiger partial charge in [-0.2, -0.15) is 0 Å². The maximum Gasteiger partial charge on any atom is 0.358 e. The summed E-state index contributed by atoms with van der Waals surface area (Å²) in [5.74, 6) is -0.380. The Labute approximate surface area is 122 Å². The van der Waals surface area contributed by atoms with Crippen LogP contribution in [0, 0.1) is 13.8 Å².